The molecule has 22 heavy (non-hydrogen) atoms. The van der Waals surface area contributed by atoms with Crippen LogP contribution in [0.1, 0.15) is 37.9 Å². The lowest BCUT2D eigenvalue weighted by Crippen LogP contribution is -2.50. The van der Waals surface area contributed by atoms with Gasteiger partial charge in [0.2, 0.25) is 0 Å². The van der Waals surface area contributed by atoms with Crippen molar-refractivity contribution in [2.45, 2.75) is 37.9 Å². The van der Waals surface area contributed by atoms with E-state index in [2.05, 4.69) is 30.0 Å². The monoisotopic (exact) mass is 297 g/mol. The Labute approximate surface area is 131 Å². The second kappa shape index (κ2) is 5.25. The average Bonchev–Trinajstić information content (AvgIpc) is 2.55. The first-order valence-electron chi connectivity index (χ1n) is 8.32. The highest BCUT2D eigenvalue weighted by molar-refractivity contribution is 5.90. The van der Waals surface area contributed by atoms with E-state index in [0.717, 1.165) is 55.6 Å². The Bertz CT molecular complexity index is 689. The number of nitrogens with zero attached hydrogens (tertiary/aromatic N) is 1. The first-order valence-corrected chi connectivity index (χ1v) is 8.32. The standard InChI is InChI=1S/C19H23NO2/c1-2-20-11-9-19(10-12-20)13-17(21)16-8-7-14-5-3-4-6-15(14)18(16)22-19/h3-8,17,21H,2,9-13H2,1H3. The molecule has 2 aliphatic rings. The summed E-state index contributed by atoms with van der Waals surface area (Å²) in [4.78, 5) is 2.46. The van der Waals surface area contributed by atoms with Gasteiger partial charge in [-0.15, -0.1) is 0 Å². The summed E-state index contributed by atoms with van der Waals surface area (Å²) in [7, 11) is 0. The van der Waals surface area contributed by atoms with Crippen molar-refractivity contribution < 1.29 is 9.84 Å². The van der Waals surface area contributed by atoms with Crippen LogP contribution >= 0.6 is 0 Å². The van der Waals surface area contributed by atoms with Gasteiger partial charge in [-0.25, -0.2) is 0 Å². The molecule has 0 saturated carbocycles. The fourth-order valence-corrected chi connectivity index (χ4v) is 3.94. The maximum Gasteiger partial charge on any atom is 0.133 e. The summed E-state index contributed by atoms with van der Waals surface area (Å²) in [5, 5.41) is 13.0. The summed E-state index contributed by atoms with van der Waals surface area (Å²) < 4.78 is 6.55. The van der Waals surface area contributed by atoms with Crippen LogP contribution in [0.25, 0.3) is 10.8 Å². The lowest BCUT2D eigenvalue weighted by molar-refractivity contribution is -0.0519. The van der Waals surface area contributed by atoms with Gasteiger partial charge in [0.05, 0.1) is 6.10 Å². The quantitative estimate of drug-likeness (QED) is 0.874. The number of ether oxygens (including phenoxy) is 1. The number of likely N-dealkylation sites (tertiary alicyclic amines) is 1. The van der Waals surface area contributed by atoms with E-state index in [4.69, 9.17) is 4.74 Å². The minimum atomic E-state index is -0.415. The first-order chi connectivity index (χ1) is 10.7. The normalized spacial score (nSPS) is 24.2. The van der Waals surface area contributed by atoms with Crippen molar-refractivity contribution in [2.75, 3.05) is 19.6 Å². The van der Waals surface area contributed by atoms with Crippen LogP contribution in [-0.2, 0) is 0 Å². The van der Waals surface area contributed by atoms with E-state index in [0.29, 0.717) is 0 Å². The molecule has 116 valence electrons. The molecule has 2 heterocycles. The Morgan fingerprint density at radius 2 is 1.95 bits per heavy atom. The average molecular weight is 297 g/mol. The minimum Gasteiger partial charge on any atom is -0.486 e. The molecule has 1 unspecified atom stereocenters. The number of rotatable bonds is 1. The van der Waals surface area contributed by atoms with Gasteiger partial charge in [0.1, 0.15) is 11.4 Å². The van der Waals surface area contributed by atoms with Crippen LogP contribution in [0.15, 0.2) is 36.4 Å². The molecule has 1 atom stereocenters. The largest absolute Gasteiger partial charge is 0.486 e. The number of benzene rings is 2. The molecular weight excluding hydrogens is 274 g/mol. The molecule has 1 spiro atoms. The Morgan fingerprint density at radius 1 is 1.18 bits per heavy atom. The van der Waals surface area contributed by atoms with Gasteiger partial charge in [-0.3, -0.25) is 0 Å². The van der Waals surface area contributed by atoms with E-state index in [9.17, 15) is 5.11 Å². The zero-order valence-corrected chi connectivity index (χ0v) is 13.1. The Balaban J connectivity index is 1.74. The third-order valence-corrected chi connectivity index (χ3v) is 5.37. The molecule has 2 aromatic rings. The maximum atomic E-state index is 10.7. The van der Waals surface area contributed by atoms with Crippen LogP contribution in [0.4, 0.5) is 0 Å². The van der Waals surface area contributed by atoms with Crippen molar-refractivity contribution >= 4 is 10.8 Å². The smallest absolute Gasteiger partial charge is 0.133 e. The van der Waals surface area contributed by atoms with Crippen molar-refractivity contribution in [3.8, 4) is 5.75 Å². The van der Waals surface area contributed by atoms with Gasteiger partial charge < -0.3 is 14.7 Å². The van der Waals surface area contributed by atoms with E-state index in [1.165, 1.54) is 5.39 Å². The van der Waals surface area contributed by atoms with Crippen LogP contribution in [0.3, 0.4) is 0 Å². The van der Waals surface area contributed by atoms with Gasteiger partial charge in [0.15, 0.2) is 0 Å². The molecule has 3 heteroatoms. The van der Waals surface area contributed by atoms with Crippen LogP contribution in [0, 0.1) is 0 Å². The zero-order valence-electron chi connectivity index (χ0n) is 13.1. The summed E-state index contributed by atoms with van der Waals surface area (Å²) in [6, 6.07) is 12.4. The maximum absolute atomic E-state index is 10.7. The number of fused-ring (bicyclic) bond motifs is 3. The van der Waals surface area contributed by atoms with Gasteiger partial charge in [0.25, 0.3) is 0 Å². The highest BCUT2D eigenvalue weighted by Crippen LogP contribution is 2.47. The van der Waals surface area contributed by atoms with Crippen molar-refractivity contribution in [1.82, 2.24) is 4.90 Å². The Hall–Kier alpha value is -1.58. The summed E-state index contributed by atoms with van der Waals surface area (Å²) in [5.41, 5.74) is 0.754. The Morgan fingerprint density at radius 3 is 2.73 bits per heavy atom. The van der Waals surface area contributed by atoms with Crippen LogP contribution < -0.4 is 4.74 Å². The fraction of sp³-hybridized carbons (Fsp3) is 0.474. The predicted molar refractivity (Wildman–Crippen MR) is 88.2 cm³/mol. The van der Waals surface area contributed by atoms with E-state index in [1.807, 2.05) is 18.2 Å². The van der Waals surface area contributed by atoms with Gasteiger partial charge in [0, 0.05) is 30.5 Å². The molecule has 4 rings (SSSR count). The second-order valence-electron chi connectivity index (χ2n) is 6.64. The molecule has 1 N–H and O–H groups in total. The number of hydrogen-bond acceptors (Lipinski definition) is 3. The number of piperidine rings is 1. The molecule has 0 aromatic heterocycles. The van der Waals surface area contributed by atoms with E-state index >= 15 is 0 Å². The number of hydrogen-bond donors (Lipinski definition) is 1. The van der Waals surface area contributed by atoms with Gasteiger partial charge >= 0.3 is 0 Å². The third-order valence-electron chi connectivity index (χ3n) is 5.37. The molecule has 0 amide bonds. The zero-order chi connectivity index (χ0) is 15.2. The van der Waals surface area contributed by atoms with Gasteiger partial charge in [-0.2, -0.15) is 0 Å². The van der Waals surface area contributed by atoms with Crippen LogP contribution in [0.2, 0.25) is 0 Å². The fourth-order valence-electron chi connectivity index (χ4n) is 3.94. The SMILES string of the molecule is CCN1CCC2(CC1)CC(O)c1ccc3ccccc3c1O2. The molecule has 1 fully saturated rings. The van der Waals surface area contributed by atoms with Crippen molar-refractivity contribution in [2.24, 2.45) is 0 Å². The number of aliphatic hydroxyl groups is 1. The molecule has 0 bridgehead atoms. The molecular formula is C19H23NO2. The van der Waals surface area contributed by atoms with Crippen molar-refractivity contribution in [3.63, 3.8) is 0 Å². The summed E-state index contributed by atoms with van der Waals surface area (Å²) in [6.07, 6.45) is 2.30. The third kappa shape index (κ3) is 2.20. The van der Waals surface area contributed by atoms with Crippen molar-refractivity contribution in [1.29, 1.82) is 0 Å². The molecule has 3 nitrogen and oxygen atoms in total. The first kappa shape index (κ1) is 14.0. The molecule has 0 aliphatic carbocycles. The summed E-state index contributed by atoms with van der Waals surface area (Å²) >= 11 is 0. The van der Waals surface area contributed by atoms with E-state index in [-0.39, 0.29) is 5.60 Å². The number of aliphatic hydroxyl groups excluding tert-OH is 1. The second-order valence-corrected chi connectivity index (χ2v) is 6.64. The predicted octanol–water partition coefficient (Wildman–Crippen LogP) is 3.51. The highest BCUT2D eigenvalue weighted by Gasteiger charge is 2.43. The topological polar surface area (TPSA) is 32.7 Å². The van der Waals surface area contributed by atoms with Gasteiger partial charge in [-0.05, 0) is 24.8 Å². The van der Waals surface area contributed by atoms with Crippen LogP contribution in [-0.4, -0.2) is 35.2 Å². The molecule has 0 radical (unpaired) electrons. The van der Waals surface area contributed by atoms with Gasteiger partial charge in [-0.1, -0.05) is 43.3 Å². The molecule has 1 saturated heterocycles. The summed E-state index contributed by atoms with van der Waals surface area (Å²) in [5.74, 6) is 0.904. The van der Waals surface area contributed by atoms with Crippen molar-refractivity contribution in [3.05, 3.63) is 42.0 Å². The lowest BCUT2D eigenvalue weighted by atomic mass is 9.81. The van der Waals surface area contributed by atoms with E-state index in [1.54, 1.807) is 0 Å². The Kier molecular flexibility index (Phi) is 3.35. The molecule has 2 aromatic carbocycles. The summed E-state index contributed by atoms with van der Waals surface area (Å²) in [6.45, 7) is 5.42. The van der Waals surface area contributed by atoms with Crippen LogP contribution in [0.5, 0.6) is 5.75 Å². The highest BCUT2D eigenvalue weighted by atomic mass is 16.5. The van der Waals surface area contributed by atoms with E-state index < -0.39 is 6.10 Å². The molecule has 2 aliphatic heterocycles. The lowest BCUT2D eigenvalue weighted by Gasteiger charge is -2.46. The minimum absolute atomic E-state index is 0.192.